The van der Waals surface area contributed by atoms with E-state index in [-0.39, 0.29) is 6.04 Å². The molecule has 1 atom stereocenters. The van der Waals surface area contributed by atoms with Gasteiger partial charge in [0, 0.05) is 15.5 Å². The molecule has 0 saturated carbocycles. The molecule has 2 rings (SSSR count). The van der Waals surface area contributed by atoms with Gasteiger partial charge in [-0.05, 0) is 66.0 Å². The molecule has 0 radical (unpaired) electrons. The van der Waals surface area contributed by atoms with E-state index in [2.05, 4.69) is 44.1 Å². The second-order valence-corrected chi connectivity index (χ2v) is 6.28. The fourth-order valence-electron chi connectivity index (χ4n) is 1.98. The topological polar surface area (TPSA) is 12.0 Å². The number of halogens is 2. The first-order valence-corrected chi connectivity index (χ1v) is 7.95. The van der Waals surface area contributed by atoms with Gasteiger partial charge >= 0.3 is 0 Å². The lowest BCUT2D eigenvalue weighted by Crippen LogP contribution is -2.17. The summed E-state index contributed by atoms with van der Waals surface area (Å²) in [5.74, 6) is 0. The maximum Gasteiger partial charge on any atom is 0.0454 e. The van der Waals surface area contributed by atoms with Gasteiger partial charge in [-0.2, -0.15) is 11.3 Å². The van der Waals surface area contributed by atoms with Gasteiger partial charge in [0.25, 0.3) is 0 Å². The molecule has 0 aliphatic heterocycles. The molecule has 96 valence electrons. The van der Waals surface area contributed by atoms with Crippen LogP contribution in [-0.2, 0) is 6.42 Å². The summed E-state index contributed by atoms with van der Waals surface area (Å²) in [5, 5.41) is 8.49. The highest BCUT2D eigenvalue weighted by Crippen LogP contribution is 2.29. The molecule has 0 spiro atoms. The van der Waals surface area contributed by atoms with Crippen LogP contribution in [0.1, 0.15) is 23.6 Å². The minimum absolute atomic E-state index is 0.287. The second-order valence-electron chi connectivity index (χ2n) is 4.18. The van der Waals surface area contributed by atoms with Crippen LogP contribution >= 0.6 is 38.9 Å². The number of hydrogen-bond acceptors (Lipinski definition) is 2. The molecule has 18 heavy (non-hydrogen) atoms. The summed E-state index contributed by atoms with van der Waals surface area (Å²) in [4.78, 5) is 0. The Morgan fingerprint density at radius 1 is 1.39 bits per heavy atom. The monoisotopic (exact) mass is 343 g/mol. The quantitative estimate of drug-likeness (QED) is 0.799. The van der Waals surface area contributed by atoms with E-state index in [1.54, 1.807) is 11.3 Å². The van der Waals surface area contributed by atoms with Crippen LogP contribution in [0.5, 0.6) is 0 Å². The van der Waals surface area contributed by atoms with Crippen LogP contribution in [0.3, 0.4) is 0 Å². The van der Waals surface area contributed by atoms with Crippen molar-refractivity contribution in [1.29, 1.82) is 0 Å². The third-order valence-corrected chi connectivity index (χ3v) is 4.55. The van der Waals surface area contributed by atoms with Crippen LogP contribution < -0.4 is 5.32 Å². The lowest BCUT2D eigenvalue weighted by molar-refractivity contribution is 0.549. The van der Waals surface area contributed by atoms with Crippen LogP contribution in [-0.4, -0.2) is 7.05 Å². The van der Waals surface area contributed by atoms with Crippen molar-refractivity contribution in [1.82, 2.24) is 5.32 Å². The Kier molecular flexibility index (Phi) is 5.25. The van der Waals surface area contributed by atoms with Crippen LogP contribution in [0, 0.1) is 0 Å². The first-order valence-electron chi connectivity index (χ1n) is 5.84. The van der Waals surface area contributed by atoms with Crippen molar-refractivity contribution in [3.05, 3.63) is 55.6 Å². The Balaban J connectivity index is 2.10. The summed E-state index contributed by atoms with van der Waals surface area (Å²) >= 11 is 11.5. The van der Waals surface area contributed by atoms with Gasteiger partial charge < -0.3 is 5.32 Å². The van der Waals surface area contributed by atoms with E-state index in [9.17, 15) is 0 Å². The third kappa shape index (κ3) is 3.58. The van der Waals surface area contributed by atoms with Crippen molar-refractivity contribution >= 4 is 38.9 Å². The van der Waals surface area contributed by atoms with E-state index < -0.39 is 0 Å². The molecular formula is C14H15BrClNS. The molecule has 0 saturated heterocycles. The first kappa shape index (κ1) is 14.1. The average Bonchev–Trinajstić information content (AvgIpc) is 2.87. The van der Waals surface area contributed by atoms with Crippen molar-refractivity contribution in [3.8, 4) is 0 Å². The Morgan fingerprint density at radius 3 is 2.89 bits per heavy atom. The molecule has 1 N–H and O–H groups in total. The second kappa shape index (κ2) is 6.71. The number of aryl methyl sites for hydroxylation is 1. The normalized spacial score (nSPS) is 12.6. The number of rotatable bonds is 5. The molecule has 0 amide bonds. The molecule has 1 unspecified atom stereocenters. The van der Waals surface area contributed by atoms with E-state index in [1.807, 2.05) is 19.2 Å². The Hall–Kier alpha value is -0.350. The fourth-order valence-corrected chi connectivity index (χ4v) is 3.31. The number of thiophene rings is 1. The minimum atomic E-state index is 0.287. The third-order valence-electron chi connectivity index (χ3n) is 2.98. The first-order chi connectivity index (χ1) is 8.70. The van der Waals surface area contributed by atoms with Gasteiger partial charge in [-0.25, -0.2) is 0 Å². The summed E-state index contributed by atoms with van der Waals surface area (Å²) in [5.41, 5.74) is 2.55. The summed E-state index contributed by atoms with van der Waals surface area (Å²) in [6, 6.07) is 8.47. The van der Waals surface area contributed by atoms with Gasteiger partial charge in [0.15, 0.2) is 0 Å². The number of hydrogen-bond donors (Lipinski definition) is 1. The van der Waals surface area contributed by atoms with E-state index >= 15 is 0 Å². The van der Waals surface area contributed by atoms with Crippen LogP contribution in [0.15, 0.2) is 39.5 Å². The van der Waals surface area contributed by atoms with E-state index in [0.717, 1.165) is 27.9 Å². The van der Waals surface area contributed by atoms with Crippen LogP contribution in [0.25, 0.3) is 0 Å². The maximum atomic E-state index is 6.27. The zero-order valence-electron chi connectivity index (χ0n) is 10.1. The van der Waals surface area contributed by atoms with Gasteiger partial charge in [-0.1, -0.05) is 27.5 Å². The van der Waals surface area contributed by atoms with Gasteiger partial charge in [0.05, 0.1) is 0 Å². The van der Waals surface area contributed by atoms with Crippen molar-refractivity contribution < 1.29 is 0 Å². The van der Waals surface area contributed by atoms with Crippen LogP contribution in [0.4, 0.5) is 0 Å². The summed E-state index contributed by atoms with van der Waals surface area (Å²) in [6.07, 6.45) is 2.11. The van der Waals surface area contributed by atoms with Crippen molar-refractivity contribution in [2.24, 2.45) is 0 Å². The SMILES string of the molecule is CNC(CCc1ccsc1)c1cc(Br)ccc1Cl. The molecule has 1 nitrogen and oxygen atoms in total. The van der Waals surface area contributed by atoms with E-state index in [4.69, 9.17) is 11.6 Å². The Morgan fingerprint density at radius 2 is 2.22 bits per heavy atom. The minimum Gasteiger partial charge on any atom is -0.313 e. The fraction of sp³-hybridized carbons (Fsp3) is 0.286. The Labute approximate surface area is 125 Å². The van der Waals surface area contributed by atoms with Crippen molar-refractivity contribution in [3.63, 3.8) is 0 Å². The smallest absolute Gasteiger partial charge is 0.0454 e. The van der Waals surface area contributed by atoms with E-state index in [1.165, 1.54) is 5.56 Å². The molecule has 0 fully saturated rings. The molecule has 2 aromatic rings. The van der Waals surface area contributed by atoms with Crippen molar-refractivity contribution in [2.45, 2.75) is 18.9 Å². The van der Waals surface area contributed by atoms with Crippen molar-refractivity contribution in [2.75, 3.05) is 7.05 Å². The molecule has 1 heterocycles. The number of nitrogens with one attached hydrogen (secondary N) is 1. The zero-order valence-corrected chi connectivity index (χ0v) is 13.3. The highest BCUT2D eigenvalue weighted by molar-refractivity contribution is 9.10. The highest BCUT2D eigenvalue weighted by atomic mass is 79.9. The average molecular weight is 345 g/mol. The number of benzene rings is 1. The van der Waals surface area contributed by atoms with Gasteiger partial charge in [-0.3, -0.25) is 0 Å². The summed E-state index contributed by atoms with van der Waals surface area (Å²) in [7, 11) is 1.98. The van der Waals surface area contributed by atoms with Crippen LogP contribution in [0.2, 0.25) is 5.02 Å². The van der Waals surface area contributed by atoms with Gasteiger partial charge in [0.1, 0.15) is 0 Å². The lowest BCUT2D eigenvalue weighted by atomic mass is 10.0. The molecule has 1 aromatic carbocycles. The lowest BCUT2D eigenvalue weighted by Gasteiger charge is -2.18. The maximum absolute atomic E-state index is 6.27. The largest absolute Gasteiger partial charge is 0.313 e. The predicted octanol–water partition coefficient (Wildman–Crippen LogP) is 5.06. The highest BCUT2D eigenvalue weighted by Gasteiger charge is 2.13. The summed E-state index contributed by atoms with van der Waals surface area (Å²) in [6.45, 7) is 0. The molecular weight excluding hydrogens is 330 g/mol. The molecule has 1 aromatic heterocycles. The molecule has 4 heteroatoms. The molecule has 0 bridgehead atoms. The zero-order chi connectivity index (χ0) is 13.0. The Bertz CT molecular complexity index is 499. The van der Waals surface area contributed by atoms with E-state index in [0.29, 0.717) is 0 Å². The van der Waals surface area contributed by atoms with Gasteiger partial charge in [0.2, 0.25) is 0 Å². The van der Waals surface area contributed by atoms with Gasteiger partial charge in [-0.15, -0.1) is 0 Å². The standard InChI is InChI=1S/C14H15BrClNS/c1-17-14(5-2-10-6-7-18-9-10)12-8-11(15)3-4-13(12)16/h3-4,6-9,14,17H,2,5H2,1H3. The predicted molar refractivity (Wildman–Crippen MR) is 83.6 cm³/mol. The summed E-state index contributed by atoms with van der Waals surface area (Å²) < 4.78 is 1.07. The molecule has 0 aliphatic rings. The molecule has 0 aliphatic carbocycles.